The Morgan fingerprint density at radius 1 is 0.969 bits per heavy atom. The first-order chi connectivity index (χ1) is 15.5. The molecule has 3 aromatic carbocycles. The fraction of sp³-hybridized carbons (Fsp3) is 0.296. The standard InChI is InChI=1S/C27H27ClN2O2/c1-18-15-21(16-20-5-3-4-6-23(18)20)27(31)26-19(2)30(10-9-29-11-13-32-14-12-29)25-8-7-22(28)17-24(25)26/h3-8,15-17H,9-14H2,1-2H3. The zero-order valence-electron chi connectivity index (χ0n) is 18.5. The van der Waals surface area contributed by atoms with E-state index in [2.05, 4.69) is 28.5 Å². The molecule has 0 atom stereocenters. The van der Waals surface area contributed by atoms with E-state index in [0.29, 0.717) is 5.02 Å². The average Bonchev–Trinajstić information content (AvgIpc) is 3.08. The van der Waals surface area contributed by atoms with E-state index in [0.717, 1.165) is 78.1 Å². The van der Waals surface area contributed by atoms with Crippen LogP contribution in [0.25, 0.3) is 21.7 Å². The zero-order chi connectivity index (χ0) is 22.2. The fourth-order valence-electron chi connectivity index (χ4n) is 4.87. The molecule has 1 saturated heterocycles. The third-order valence-corrected chi connectivity index (χ3v) is 6.82. The molecule has 2 heterocycles. The number of morpholine rings is 1. The SMILES string of the molecule is Cc1cc(C(=O)c2c(C)n(CCN3CCOCC3)c3ccc(Cl)cc23)cc2ccccc12. The molecule has 1 aliphatic heterocycles. The normalized spacial score (nSPS) is 15.0. The van der Waals surface area contributed by atoms with Crippen LogP contribution < -0.4 is 0 Å². The van der Waals surface area contributed by atoms with Crippen LogP contribution in [0.15, 0.2) is 54.6 Å². The Balaban J connectivity index is 1.58. The van der Waals surface area contributed by atoms with Gasteiger partial charge in [-0.3, -0.25) is 9.69 Å². The van der Waals surface area contributed by atoms with E-state index in [1.807, 2.05) is 49.4 Å². The first-order valence-corrected chi connectivity index (χ1v) is 11.5. The van der Waals surface area contributed by atoms with E-state index >= 15 is 0 Å². The second kappa shape index (κ2) is 8.70. The van der Waals surface area contributed by atoms with Crippen LogP contribution in [-0.4, -0.2) is 48.1 Å². The van der Waals surface area contributed by atoms with Gasteiger partial charge in [0.25, 0.3) is 0 Å². The number of nitrogens with zero attached hydrogens (tertiary/aromatic N) is 2. The van der Waals surface area contributed by atoms with Crippen molar-refractivity contribution < 1.29 is 9.53 Å². The van der Waals surface area contributed by atoms with Crippen molar-refractivity contribution >= 4 is 39.1 Å². The van der Waals surface area contributed by atoms with Crippen LogP contribution in [0.1, 0.15) is 27.2 Å². The maximum absolute atomic E-state index is 13.8. The van der Waals surface area contributed by atoms with Crippen molar-refractivity contribution in [2.45, 2.75) is 20.4 Å². The molecule has 4 nitrogen and oxygen atoms in total. The third kappa shape index (κ3) is 3.83. The largest absolute Gasteiger partial charge is 0.379 e. The van der Waals surface area contributed by atoms with E-state index in [-0.39, 0.29) is 5.78 Å². The van der Waals surface area contributed by atoms with Crippen molar-refractivity contribution in [1.29, 1.82) is 0 Å². The molecule has 5 heteroatoms. The van der Waals surface area contributed by atoms with Crippen molar-refractivity contribution in [3.05, 3.63) is 82.0 Å². The Kier molecular flexibility index (Phi) is 5.76. The Labute approximate surface area is 193 Å². The summed E-state index contributed by atoms with van der Waals surface area (Å²) in [5, 5.41) is 3.83. The fourth-order valence-corrected chi connectivity index (χ4v) is 5.05. The van der Waals surface area contributed by atoms with E-state index in [1.54, 1.807) is 0 Å². The number of halogens is 1. The predicted molar refractivity (Wildman–Crippen MR) is 131 cm³/mol. The van der Waals surface area contributed by atoms with Gasteiger partial charge >= 0.3 is 0 Å². The molecule has 164 valence electrons. The summed E-state index contributed by atoms with van der Waals surface area (Å²) in [6.07, 6.45) is 0. The molecule has 0 aliphatic carbocycles. The Morgan fingerprint density at radius 2 is 1.75 bits per heavy atom. The summed E-state index contributed by atoms with van der Waals surface area (Å²) in [4.78, 5) is 16.2. The lowest BCUT2D eigenvalue weighted by atomic mass is 9.95. The van der Waals surface area contributed by atoms with Gasteiger partial charge in [0.1, 0.15) is 0 Å². The second-order valence-electron chi connectivity index (χ2n) is 8.57. The topological polar surface area (TPSA) is 34.5 Å². The van der Waals surface area contributed by atoms with Crippen molar-refractivity contribution in [3.8, 4) is 0 Å². The van der Waals surface area contributed by atoms with Crippen LogP contribution in [0.4, 0.5) is 0 Å². The number of carbonyl (C=O) groups is 1. The summed E-state index contributed by atoms with van der Waals surface area (Å²) in [5.74, 6) is 0.0498. The molecule has 32 heavy (non-hydrogen) atoms. The van der Waals surface area contributed by atoms with Gasteiger partial charge < -0.3 is 9.30 Å². The molecular formula is C27H27ClN2O2. The molecule has 0 radical (unpaired) electrons. The third-order valence-electron chi connectivity index (χ3n) is 6.59. The van der Waals surface area contributed by atoms with E-state index in [9.17, 15) is 4.79 Å². The van der Waals surface area contributed by atoms with Crippen molar-refractivity contribution in [1.82, 2.24) is 9.47 Å². The Morgan fingerprint density at radius 3 is 2.56 bits per heavy atom. The minimum absolute atomic E-state index is 0.0498. The molecule has 1 aromatic heterocycles. The summed E-state index contributed by atoms with van der Waals surface area (Å²) >= 11 is 6.36. The lowest BCUT2D eigenvalue weighted by molar-refractivity contribution is 0.0365. The molecule has 5 rings (SSSR count). The number of hydrogen-bond acceptors (Lipinski definition) is 3. The Bertz CT molecular complexity index is 1320. The number of rotatable bonds is 5. The molecule has 0 spiro atoms. The first kappa shape index (κ1) is 21.2. The Hall–Kier alpha value is -2.66. The highest BCUT2D eigenvalue weighted by Gasteiger charge is 2.22. The maximum Gasteiger partial charge on any atom is 0.195 e. The molecule has 1 aliphatic rings. The van der Waals surface area contributed by atoms with Gasteiger partial charge in [0.05, 0.1) is 18.8 Å². The number of aromatic nitrogens is 1. The molecule has 0 N–H and O–H groups in total. The van der Waals surface area contributed by atoms with Crippen molar-refractivity contribution in [2.24, 2.45) is 0 Å². The van der Waals surface area contributed by atoms with Crippen LogP contribution in [0.5, 0.6) is 0 Å². The summed E-state index contributed by atoms with van der Waals surface area (Å²) in [6, 6.07) is 18.1. The smallest absolute Gasteiger partial charge is 0.195 e. The van der Waals surface area contributed by atoms with Crippen molar-refractivity contribution in [3.63, 3.8) is 0 Å². The van der Waals surface area contributed by atoms with Crippen molar-refractivity contribution in [2.75, 3.05) is 32.8 Å². The van der Waals surface area contributed by atoms with E-state index in [4.69, 9.17) is 16.3 Å². The van der Waals surface area contributed by atoms with Gasteiger partial charge in [0.2, 0.25) is 0 Å². The minimum Gasteiger partial charge on any atom is -0.379 e. The number of carbonyl (C=O) groups excluding carboxylic acids is 1. The highest BCUT2D eigenvalue weighted by Crippen LogP contribution is 2.32. The maximum atomic E-state index is 13.8. The van der Waals surface area contributed by atoms with Gasteiger partial charge in [-0.05, 0) is 60.5 Å². The number of hydrogen-bond donors (Lipinski definition) is 0. The molecule has 4 aromatic rings. The van der Waals surface area contributed by atoms with Crippen LogP contribution in [0.2, 0.25) is 5.02 Å². The first-order valence-electron chi connectivity index (χ1n) is 11.2. The van der Waals surface area contributed by atoms with Gasteiger partial charge in [-0.1, -0.05) is 35.9 Å². The minimum atomic E-state index is 0.0498. The van der Waals surface area contributed by atoms with Gasteiger partial charge in [-0.15, -0.1) is 0 Å². The summed E-state index contributed by atoms with van der Waals surface area (Å²) in [5.41, 5.74) is 4.63. The van der Waals surface area contributed by atoms with Gasteiger partial charge in [0.15, 0.2) is 5.78 Å². The molecular weight excluding hydrogens is 420 g/mol. The quantitative estimate of drug-likeness (QED) is 0.373. The lowest BCUT2D eigenvalue weighted by Gasteiger charge is -2.27. The zero-order valence-corrected chi connectivity index (χ0v) is 19.3. The monoisotopic (exact) mass is 446 g/mol. The van der Waals surface area contributed by atoms with E-state index in [1.165, 1.54) is 5.39 Å². The number of benzene rings is 3. The van der Waals surface area contributed by atoms with Crippen LogP contribution in [0.3, 0.4) is 0 Å². The van der Waals surface area contributed by atoms with Crippen LogP contribution in [0, 0.1) is 13.8 Å². The van der Waals surface area contributed by atoms with Gasteiger partial charge in [-0.25, -0.2) is 0 Å². The van der Waals surface area contributed by atoms with Crippen LogP contribution in [-0.2, 0) is 11.3 Å². The number of ether oxygens (including phenoxy) is 1. The van der Waals surface area contributed by atoms with Gasteiger partial charge in [0, 0.05) is 53.4 Å². The highest BCUT2D eigenvalue weighted by molar-refractivity contribution is 6.32. The molecule has 0 amide bonds. The average molecular weight is 447 g/mol. The number of aryl methyl sites for hydroxylation is 1. The van der Waals surface area contributed by atoms with E-state index < -0.39 is 0 Å². The molecule has 0 saturated carbocycles. The summed E-state index contributed by atoms with van der Waals surface area (Å²) < 4.78 is 7.74. The number of fused-ring (bicyclic) bond motifs is 2. The predicted octanol–water partition coefficient (Wildman–Crippen LogP) is 5.63. The molecule has 1 fully saturated rings. The lowest BCUT2D eigenvalue weighted by Crippen LogP contribution is -2.38. The highest BCUT2D eigenvalue weighted by atomic mass is 35.5. The molecule has 0 bridgehead atoms. The second-order valence-corrected chi connectivity index (χ2v) is 9.01. The number of ketones is 1. The summed E-state index contributed by atoms with van der Waals surface area (Å²) in [6.45, 7) is 9.34. The molecule has 0 unspecified atom stereocenters. The van der Waals surface area contributed by atoms with Gasteiger partial charge in [-0.2, -0.15) is 0 Å². The summed E-state index contributed by atoms with van der Waals surface area (Å²) in [7, 11) is 0. The van der Waals surface area contributed by atoms with Crippen LogP contribution >= 0.6 is 11.6 Å².